The Labute approximate surface area is 81.4 Å². The van der Waals surface area contributed by atoms with Crippen LogP contribution in [0.3, 0.4) is 0 Å². The minimum absolute atomic E-state index is 1.15. The van der Waals surface area contributed by atoms with Crippen molar-refractivity contribution in [3.8, 4) is 0 Å². The summed E-state index contributed by atoms with van der Waals surface area (Å²) >= 11 is 6.03. The summed E-state index contributed by atoms with van der Waals surface area (Å²) in [5.74, 6) is 0. The molecule has 0 saturated heterocycles. The first-order valence-corrected chi connectivity index (χ1v) is 4.94. The van der Waals surface area contributed by atoms with Gasteiger partial charge in [0.05, 0.1) is 0 Å². The third-order valence-electron chi connectivity index (χ3n) is 1.60. The number of nitrogens with zero attached hydrogens (tertiary/aromatic N) is 1. The van der Waals surface area contributed by atoms with Gasteiger partial charge in [0.15, 0.2) is 0 Å². The van der Waals surface area contributed by atoms with Gasteiger partial charge in [-0.05, 0) is 0 Å². The standard InChI is InChI=1S/C8H5NSe2/c10-7-5-8(11)9-4-2-1-3-6(7)9/h1-5H. The van der Waals surface area contributed by atoms with Crippen molar-refractivity contribution >= 4 is 46.6 Å². The molecule has 0 saturated carbocycles. The van der Waals surface area contributed by atoms with Gasteiger partial charge >= 0.3 is 81.5 Å². The third-order valence-corrected chi connectivity index (χ3v) is 2.95. The van der Waals surface area contributed by atoms with Crippen molar-refractivity contribution in [2.45, 2.75) is 0 Å². The fourth-order valence-electron chi connectivity index (χ4n) is 1.09. The van der Waals surface area contributed by atoms with Gasteiger partial charge in [-0.1, -0.05) is 0 Å². The van der Waals surface area contributed by atoms with Crippen LogP contribution in [0.2, 0.25) is 0 Å². The normalized spacial score (nSPS) is 10.5. The Kier molecular flexibility index (Phi) is 1.82. The molecule has 0 atom stereocenters. The van der Waals surface area contributed by atoms with Gasteiger partial charge in [0, 0.05) is 0 Å². The molecule has 0 aliphatic rings. The number of aromatic nitrogens is 1. The molecule has 0 aliphatic carbocycles. The van der Waals surface area contributed by atoms with E-state index in [9.17, 15) is 0 Å². The molecule has 0 aliphatic heterocycles. The van der Waals surface area contributed by atoms with E-state index in [0.29, 0.717) is 0 Å². The van der Waals surface area contributed by atoms with Crippen LogP contribution in [0.1, 0.15) is 0 Å². The van der Waals surface area contributed by atoms with E-state index >= 15 is 0 Å². The van der Waals surface area contributed by atoms with Gasteiger partial charge in [-0.3, -0.25) is 0 Å². The maximum absolute atomic E-state index is 3.02. The zero-order valence-corrected chi connectivity index (χ0v) is 9.08. The van der Waals surface area contributed by atoms with Crippen molar-refractivity contribution in [2.75, 3.05) is 0 Å². The molecule has 2 rings (SSSR count). The molecule has 2 aromatic heterocycles. The van der Waals surface area contributed by atoms with Crippen LogP contribution in [-0.2, 0) is 0 Å². The number of rotatable bonds is 0. The zero-order chi connectivity index (χ0) is 7.84. The average Bonchev–Trinajstić information content (AvgIpc) is 2.30. The summed E-state index contributed by atoms with van der Waals surface area (Å²) in [6.07, 6.45) is 2.04. The zero-order valence-electron chi connectivity index (χ0n) is 5.65. The van der Waals surface area contributed by atoms with Crippen molar-refractivity contribution in [1.29, 1.82) is 0 Å². The molecule has 0 N–H and O–H groups in total. The molecule has 1 nitrogen and oxygen atoms in total. The number of hydrogen-bond donors (Lipinski definition) is 0. The van der Waals surface area contributed by atoms with Crippen LogP contribution in [0.25, 0.3) is 5.52 Å². The molecule has 0 unspecified atom stereocenters. The summed E-state index contributed by atoms with van der Waals surface area (Å²) in [5.41, 5.74) is 1.22. The predicted octanol–water partition coefficient (Wildman–Crippen LogP) is -0.473. The molecule has 0 spiro atoms. The van der Waals surface area contributed by atoms with Crippen molar-refractivity contribution in [1.82, 2.24) is 4.40 Å². The van der Waals surface area contributed by atoms with E-state index < -0.39 is 0 Å². The second-order valence-electron chi connectivity index (χ2n) is 2.30. The molecule has 0 amide bonds. The minimum atomic E-state index is 1.15. The summed E-state index contributed by atoms with van der Waals surface area (Å²) in [6, 6.07) is 8.24. The van der Waals surface area contributed by atoms with E-state index in [1.807, 2.05) is 18.3 Å². The molecule has 2 radical (unpaired) electrons. The van der Waals surface area contributed by atoms with Gasteiger partial charge < -0.3 is 0 Å². The van der Waals surface area contributed by atoms with Crippen molar-refractivity contribution < 1.29 is 0 Å². The topological polar surface area (TPSA) is 4.41 Å². The Morgan fingerprint density at radius 2 is 2.00 bits per heavy atom. The van der Waals surface area contributed by atoms with E-state index in [-0.39, 0.29) is 0 Å². The fourth-order valence-corrected chi connectivity index (χ4v) is 2.63. The van der Waals surface area contributed by atoms with E-state index in [1.165, 1.54) is 9.98 Å². The van der Waals surface area contributed by atoms with Gasteiger partial charge in [0.1, 0.15) is 0 Å². The molecule has 11 heavy (non-hydrogen) atoms. The van der Waals surface area contributed by atoms with Crippen LogP contribution in [0.15, 0.2) is 30.5 Å². The fraction of sp³-hybridized carbons (Fsp3) is 0. The number of hydrogen-bond acceptors (Lipinski definition) is 0. The van der Waals surface area contributed by atoms with Gasteiger partial charge in [0.2, 0.25) is 0 Å². The quantitative estimate of drug-likeness (QED) is 0.571. The van der Waals surface area contributed by atoms with Crippen molar-refractivity contribution in [3.05, 3.63) is 30.5 Å². The Hall–Kier alpha value is -0.201. The van der Waals surface area contributed by atoms with Crippen LogP contribution in [0.4, 0.5) is 0 Å². The molecule has 2 aromatic rings. The van der Waals surface area contributed by atoms with Crippen LogP contribution in [0.5, 0.6) is 0 Å². The Bertz CT molecular complexity index is 356. The number of fused-ring (bicyclic) bond motifs is 1. The Morgan fingerprint density at radius 3 is 2.73 bits per heavy atom. The van der Waals surface area contributed by atoms with E-state index in [2.05, 4.69) is 48.6 Å². The molecule has 0 bridgehead atoms. The summed E-state index contributed by atoms with van der Waals surface area (Å²) in [7, 11) is 0. The summed E-state index contributed by atoms with van der Waals surface area (Å²) < 4.78 is 4.46. The van der Waals surface area contributed by atoms with Crippen LogP contribution >= 0.6 is 0 Å². The van der Waals surface area contributed by atoms with Crippen molar-refractivity contribution in [2.24, 2.45) is 0 Å². The molecule has 0 fully saturated rings. The summed E-state index contributed by atoms with van der Waals surface area (Å²) in [4.78, 5) is 0. The number of pyridine rings is 1. The van der Waals surface area contributed by atoms with Gasteiger partial charge in [-0.15, -0.1) is 0 Å². The first kappa shape index (κ1) is 7.45. The first-order valence-electron chi connectivity index (χ1n) is 3.23. The second-order valence-corrected chi connectivity index (χ2v) is 4.10. The molecular formula is C8H5NSe2. The van der Waals surface area contributed by atoms with E-state index in [1.54, 1.807) is 0 Å². The van der Waals surface area contributed by atoms with E-state index in [0.717, 1.165) is 4.59 Å². The van der Waals surface area contributed by atoms with Gasteiger partial charge in [-0.2, -0.15) is 0 Å². The predicted molar refractivity (Wildman–Crippen MR) is 48.2 cm³/mol. The van der Waals surface area contributed by atoms with Crippen LogP contribution < -0.4 is 9.05 Å². The SMILES string of the molecule is [Se]c1cc([Se])n2ccccc12. The van der Waals surface area contributed by atoms with Gasteiger partial charge in [0.25, 0.3) is 0 Å². The van der Waals surface area contributed by atoms with Crippen molar-refractivity contribution in [3.63, 3.8) is 0 Å². The third kappa shape index (κ3) is 1.15. The monoisotopic (exact) mass is 275 g/mol. The van der Waals surface area contributed by atoms with Gasteiger partial charge in [-0.25, -0.2) is 0 Å². The maximum atomic E-state index is 3.02. The average molecular weight is 273 g/mol. The molecule has 0 aromatic carbocycles. The molecule has 54 valence electrons. The molecule has 2 heterocycles. The summed E-state index contributed by atoms with van der Waals surface area (Å²) in [5, 5.41) is 0. The molecular weight excluding hydrogens is 268 g/mol. The van der Waals surface area contributed by atoms with Crippen LogP contribution in [0, 0.1) is 0 Å². The first-order chi connectivity index (χ1) is 5.29. The molecule has 3 heteroatoms. The Balaban J connectivity index is 2.95. The van der Waals surface area contributed by atoms with Crippen LogP contribution in [-0.4, -0.2) is 36.4 Å². The Morgan fingerprint density at radius 1 is 1.18 bits per heavy atom. The summed E-state index contributed by atoms with van der Waals surface area (Å²) in [6.45, 7) is 0. The second kappa shape index (κ2) is 2.69. The van der Waals surface area contributed by atoms with E-state index in [4.69, 9.17) is 0 Å².